The van der Waals surface area contributed by atoms with Gasteiger partial charge in [0.2, 0.25) is 0 Å². The molecular weight excluding hydrogens is 520 g/mol. The Morgan fingerprint density at radius 2 is 0.857 bits per heavy atom. The van der Waals surface area contributed by atoms with Gasteiger partial charge in [-0.3, -0.25) is 9.59 Å². The van der Waals surface area contributed by atoms with Crippen molar-refractivity contribution >= 4 is 11.9 Å². The van der Waals surface area contributed by atoms with Crippen LogP contribution in [0.1, 0.15) is 141 Å². The van der Waals surface area contributed by atoms with Gasteiger partial charge in [0.05, 0.1) is 13.2 Å². The maximum atomic E-state index is 12.0. The van der Waals surface area contributed by atoms with Gasteiger partial charge in [-0.2, -0.15) is 0 Å². The third-order valence-electron chi connectivity index (χ3n) is 8.15. The summed E-state index contributed by atoms with van der Waals surface area (Å²) in [6, 6.07) is 22.0. The van der Waals surface area contributed by atoms with Crippen molar-refractivity contribution in [2.45, 2.75) is 129 Å². The minimum Gasteiger partial charge on any atom is -0.466 e. The standard InChI is InChI=1S/C38H58O4/c1-31(2)27-29-41-37(39)25-17-7-5-15-23-35(33-19-11-9-12-20-33)36(34-21-13-10-14-22-34)24-16-6-8-18-26-38(40)42-30-28-32(3)4/h9-14,19-22,31-32,35-36H,5-8,15-18,23-30H2,1-4H3. The van der Waals surface area contributed by atoms with Gasteiger partial charge >= 0.3 is 11.9 Å². The van der Waals surface area contributed by atoms with Gasteiger partial charge in [-0.15, -0.1) is 0 Å². The van der Waals surface area contributed by atoms with Crippen LogP contribution < -0.4 is 0 Å². The molecule has 0 amide bonds. The Morgan fingerprint density at radius 1 is 0.500 bits per heavy atom. The SMILES string of the molecule is CC(C)CCOC(=O)CCCCCCC(c1ccccc1)C(CCCCCCC(=O)OCCC(C)C)c1ccccc1. The summed E-state index contributed by atoms with van der Waals surface area (Å²) >= 11 is 0. The van der Waals surface area contributed by atoms with Crippen LogP contribution in [-0.4, -0.2) is 25.2 Å². The molecule has 4 heteroatoms. The number of carbonyl (C=O) groups excluding carboxylic acids is 2. The van der Waals surface area contributed by atoms with Crippen LogP contribution in [-0.2, 0) is 19.1 Å². The molecule has 0 aliphatic rings. The van der Waals surface area contributed by atoms with Gasteiger partial charge in [-0.1, -0.05) is 127 Å². The van der Waals surface area contributed by atoms with E-state index in [0.29, 0.717) is 49.7 Å². The molecule has 4 nitrogen and oxygen atoms in total. The molecule has 0 aliphatic carbocycles. The van der Waals surface area contributed by atoms with Crippen LogP contribution in [0.3, 0.4) is 0 Å². The summed E-state index contributed by atoms with van der Waals surface area (Å²) in [5.74, 6) is 1.95. The largest absolute Gasteiger partial charge is 0.466 e. The number of unbranched alkanes of at least 4 members (excludes halogenated alkanes) is 6. The van der Waals surface area contributed by atoms with Crippen molar-refractivity contribution in [1.82, 2.24) is 0 Å². The van der Waals surface area contributed by atoms with Crippen LogP contribution in [0.5, 0.6) is 0 Å². The molecule has 0 bridgehead atoms. The Balaban J connectivity index is 1.86. The molecule has 0 spiro atoms. The van der Waals surface area contributed by atoms with Gasteiger partial charge in [-0.25, -0.2) is 0 Å². The molecule has 0 N–H and O–H groups in total. The van der Waals surface area contributed by atoms with Crippen molar-refractivity contribution in [3.63, 3.8) is 0 Å². The molecule has 0 saturated carbocycles. The van der Waals surface area contributed by atoms with Crippen molar-refractivity contribution in [1.29, 1.82) is 0 Å². The highest BCUT2D eigenvalue weighted by Crippen LogP contribution is 2.40. The second-order valence-electron chi connectivity index (χ2n) is 12.7. The fourth-order valence-electron chi connectivity index (χ4n) is 5.54. The molecule has 0 saturated heterocycles. The first-order valence-electron chi connectivity index (χ1n) is 16.8. The van der Waals surface area contributed by atoms with E-state index in [9.17, 15) is 9.59 Å². The average Bonchev–Trinajstić information content (AvgIpc) is 2.97. The number of esters is 2. The van der Waals surface area contributed by atoms with Gasteiger partial charge < -0.3 is 9.47 Å². The molecule has 42 heavy (non-hydrogen) atoms. The predicted octanol–water partition coefficient (Wildman–Crippen LogP) is 10.4. The summed E-state index contributed by atoms with van der Waals surface area (Å²) in [5, 5.41) is 0. The number of ether oxygens (including phenoxy) is 2. The molecule has 0 radical (unpaired) electrons. The van der Waals surface area contributed by atoms with E-state index in [2.05, 4.69) is 88.4 Å². The van der Waals surface area contributed by atoms with Gasteiger partial charge in [0.15, 0.2) is 0 Å². The zero-order valence-corrected chi connectivity index (χ0v) is 27.0. The van der Waals surface area contributed by atoms with Crippen LogP contribution >= 0.6 is 0 Å². The molecule has 0 aliphatic heterocycles. The summed E-state index contributed by atoms with van der Waals surface area (Å²) in [6.07, 6.45) is 13.7. The van der Waals surface area contributed by atoms with Crippen LogP contribution in [0.25, 0.3) is 0 Å². The summed E-state index contributed by atoms with van der Waals surface area (Å²) in [5.41, 5.74) is 2.84. The lowest BCUT2D eigenvalue weighted by Crippen LogP contribution is -2.12. The Bertz CT molecular complexity index is 874. The van der Waals surface area contributed by atoms with Crippen molar-refractivity contribution in [3.8, 4) is 0 Å². The number of hydrogen-bond acceptors (Lipinski definition) is 4. The number of benzene rings is 2. The summed E-state index contributed by atoms with van der Waals surface area (Å²) in [6.45, 7) is 9.68. The van der Waals surface area contributed by atoms with E-state index in [1.54, 1.807) is 0 Å². The maximum absolute atomic E-state index is 12.0. The fraction of sp³-hybridized carbons (Fsp3) is 0.632. The minimum atomic E-state index is -0.0510. The van der Waals surface area contributed by atoms with Crippen molar-refractivity contribution in [2.24, 2.45) is 11.8 Å². The second kappa shape index (κ2) is 22.0. The second-order valence-corrected chi connectivity index (χ2v) is 12.7. The third-order valence-corrected chi connectivity index (χ3v) is 8.15. The summed E-state index contributed by atoms with van der Waals surface area (Å²) < 4.78 is 10.7. The highest BCUT2D eigenvalue weighted by molar-refractivity contribution is 5.69. The van der Waals surface area contributed by atoms with Crippen LogP contribution in [0.4, 0.5) is 0 Å². The van der Waals surface area contributed by atoms with Crippen molar-refractivity contribution in [2.75, 3.05) is 13.2 Å². The first kappa shape index (κ1) is 35.6. The third kappa shape index (κ3) is 16.1. The number of carbonyl (C=O) groups is 2. The predicted molar refractivity (Wildman–Crippen MR) is 175 cm³/mol. The van der Waals surface area contributed by atoms with E-state index in [4.69, 9.17) is 9.47 Å². The van der Waals surface area contributed by atoms with E-state index >= 15 is 0 Å². The quantitative estimate of drug-likeness (QED) is 0.0972. The lowest BCUT2D eigenvalue weighted by molar-refractivity contribution is -0.145. The molecule has 0 aromatic heterocycles. The van der Waals surface area contributed by atoms with Crippen molar-refractivity contribution in [3.05, 3.63) is 71.8 Å². The fourth-order valence-corrected chi connectivity index (χ4v) is 5.54. The first-order valence-corrected chi connectivity index (χ1v) is 16.8. The average molecular weight is 579 g/mol. The smallest absolute Gasteiger partial charge is 0.305 e. The van der Waals surface area contributed by atoms with Gasteiger partial charge in [0.1, 0.15) is 0 Å². The molecule has 2 rings (SSSR count). The Hall–Kier alpha value is -2.62. The Morgan fingerprint density at radius 3 is 1.21 bits per heavy atom. The van der Waals surface area contributed by atoms with Gasteiger partial charge in [-0.05, 0) is 73.3 Å². The Kier molecular flexibility index (Phi) is 18.6. The highest BCUT2D eigenvalue weighted by Gasteiger charge is 2.24. The normalized spacial score (nSPS) is 12.8. The molecule has 2 atom stereocenters. The molecule has 0 fully saturated rings. The molecule has 2 aromatic rings. The summed E-state index contributed by atoms with van der Waals surface area (Å²) in [4.78, 5) is 24.0. The maximum Gasteiger partial charge on any atom is 0.305 e. The highest BCUT2D eigenvalue weighted by atomic mass is 16.5. The molecule has 234 valence electrons. The van der Waals surface area contributed by atoms with E-state index in [-0.39, 0.29) is 11.9 Å². The molecule has 2 unspecified atom stereocenters. The minimum absolute atomic E-state index is 0.0510. The lowest BCUT2D eigenvalue weighted by atomic mass is 9.76. The molecule has 0 heterocycles. The van der Waals surface area contributed by atoms with Gasteiger partial charge in [0.25, 0.3) is 0 Å². The number of rotatable bonds is 23. The summed E-state index contributed by atoms with van der Waals surface area (Å²) in [7, 11) is 0. The van der Waals surface area contributed by atoms with Crippen LogP contribution in [0.15, 0.2) is 60.7 Å². The Labute approximate surface area is 257 Å². The van der Waals surface area contributed by atoms with E-state index in [0.717, 1.165) is 77.0 Å². The molecular formula is C38H58O4. The van der Waals surface area contributed by atoms with Crippen molar-refractivity contribution < 1.29 is 19.1 Å². The monoisotopic (exact) mass is 578 g/mol. The zero-order valence-electron chi connectivity index (χ0n) is 27.0. The van der Waals surface area contributed by atoms with Crippen LogP contribution in [0, 0.1) is 11.8 Å². The number of hydrogen-bond donors (Lipinski definition) is 0. The lowest BCUT2D eigenvalue weighted by Gasteiger charge is -2.29. The zero-order chi connectivity index (χ0) is 30.4. The van der Waals surface area contributed by atoms with E-state index in [1.807, 2.05) is 0 Å². The van der Waals surface area contributed by atoms with Gasteiger partial charge in [0, 0.05) is 12.8 Å². The van der Waals surface area contributed by atoms with E-state index < -0.39 is 0 Å². The first-order chi connectivity index (χ1) is 20.4. The van der Waals surface area contributed by atoms with E-state index in [1.165, 1.54) is 11.1 Å². The topological polar surface area (TPSA) is 52.6 Å². The van der Waals surface area contributed by atoms with Crippen LogP contribution in [0.2, 0.25) is 0 Å². The molecule has 2 aromatic carbocycles.